The van der Waals surface area contributed by atoms with Crippen LogP contribution in [0.4, 0.5) is 0 Å². The molecule has 2 aromatic carbocycles. The Morgan fingerprint density at radius 3 is 2.77 bits per heavy atom. The number of hydrogen-bond donors (Lipinski definition) is 1. The number of amides is 1. The third-order valence-electron chi connectivity index (χ3n) is 7.44. The van der Waals surface area contributed by atoms with E-state index in [0.29, 0.717) is 12.5 Å². The predicted molar refractivity (Wildman–Crippen MR) is 117 cm³/mol. The molecule has 4 heteroatoms. The predicted octanol–water partition coefficient (Wildman–Crippen LogP) is 4.57. The molecular weight excluding hydrogens is 372 g/mol. The Bertz CT molecular complexity index is 1340. The lowest BCUT2D eigenvalue weighted by Crippen LogP contribution is -2.19. The van der Waals surface area contributed by atoms with Gasteiger partial charge in [-0.05, 0) is 53.2 Å². The Balaban J connectivity index is 1.68. The fraction of sp³-hybridized carbons (Fsp3) is 0.269. The number of nitrogens with one attached hydrogen (secondary N) is 1. The topological polar surface area (TPSA) is 43.3 Å². The van der Waals surface area contributed by atoms with E-state index in [1.54, 1.807) is 0 Å². The Kier molecular flexibility index (Phi) is 3.18. The summed E-state index contributed by atoms with van der Waals surface area (Å²) in [4.78, 5) is 13.0. The first kappa shape index (κ1) is 16.7. The normalized spacial score (nSPS) is 23.8. The summed E-state index contributed by atoms with van der Waals surface area (Å²) in [6.07, 6.45) is 2.80. The van der Waals surface area contributed by atoms with Gasteiger partial charge in [-0.15, -0.1) is 0 Å². The van der Waals surface area contributed by atoms with Gasteiger partial charge in [0.15, 0.2) is 0 Å². The van der Waals surface area contributed by atoms with Crippen molar-refractivity contribution in [3.05, 3.63) is 82.1 Å². The van der Waals surface area contributed by atoms with Crippen molar-refractivity contribution in [2.45, 2.75) is 31.4 Å². The SMILES string of the molecule is COC1CCC2C3=C(C4=C(CNC4=O)Cc4c3n1c1ccccc41)c1ccccc12. The van der Waals surface area contributed by atoms with Crippen LogP contribution >= 0.6 is 0 Å². The lowest BCUT2D eigenvalue weighted by Gasteiger charge is -2.19. The van der Waals surface area contributed by atoms with Crippen molar-refractivity contribution in [3.63, 3.8) is 0 Å². The molecule has 3 aromatic rings. The molecule has 0 spiro atoms. The third-order valence-corrected chi connectivity index (χ3v) is 7.44. The molecule has 0 radical (unpaired) electrons. The smallest absolute Gasteiger partial charge is 0.252 e. The van der Waals surface area contributed by atoms with Gasteiger partial charge in [-0.25, -0.2) is 0 Å². The second-order valence-corrected chi connectivity index (χ2v) is 8.75. The molecule has 2 aliphatic heterocycles. The molecule has 0 saturated heterocycles. The van der Waals surface area contributed by atoms with Gasteiger partial charge in [0.1, 0.15) is 6.23 Å². The highest BCUT2D eigenvalue weighted by Crippen LogP contribution is 2.58. The maximum absolute atomic E-state index is 13.0. The van der Waals surface area contributed by atoms with Gasteiger partial charge in [-0.3, -0.25) is 4.79 Å². The molecule has 0 saturated carbocycles. The minimum absolute atomic E-state index is 0.00642. The first-order valence-electron chi connectivity index (χ1n) is 10.8. The fourth-order valence-corrected chi connectivity index (χ4v) is 6.30. The Hall–Kier alpha value is -3.11. The van der Waals surface area contributed by atoms with E-state index in [1.165, 1.54) is 50.0 Å². The molecule has 4 nitrogen and oxygen atoms in total. The number of fused-ring (bicyclic) bond motifs is 7. The summed E-state index contributed by atoms with van der Waals surface area (Å²) in [5, 5.41) is 4.39. The third kappa shape index (κ3) is 1.88. The van der Waals surface area contributed by atoms with E-state index < -0.39 is 0 Å². The summed E-state index contributed by atoms with van der Waals surface area (Å²) in [5.41, 5.74) is 11.1. The number of nitrogens with zero attached hydrogens (tertiary/aromatic N) is 1. The molecule has 2 aliphatic carbocycles. The quantitative estimate of drug-likeness (QED) is 0.657. The van der Waals surface area contributed by atoms with Crippen molar-refractivity contribution in [1.82, 2.24) is 9.88 Å². The number of carbonyl (C=O) groups excluding carboxylic acids is 1. The van der Waals surface area contributed by atoms with Crippen LogP contribution in [-0.2, 0) is 16.0 Å². The summed E-state index contributed by atoms with van der Waals surface area (Å²) in [5.74, 6) is 0.384. The first-order chi connectivity index (χ1) is 14.8. The number of rotatable bonds is 1. The van der Waals surface area contributed by atoms with Gasteiger partial charge >= 0.3 is 0 Å². The lowest BCUT2D eigenvalue weighted by molar-refractivity contribution is -0.116. The van der Waals surface area contributed by atoms with Crippen LogP contribution in [0.5, 0.6) is 0 Å². The summed E-state index contributed by atoms with van der Waals surface area (Å²) in [6, 6.07) is 17.4. The van der Waals surface area contributed by atoms with Crippen molar-refractivity contribution >= 4 is 28.0 Å². The zero-order valence-corrected chi connectivity index (χ0v) is 16.9. The van der Waals surface area contributed by atoms with Crippen molar-refractivity contribution in [2.24, 2.45) is 0 Å². The number of para-hydroxylation sites is 1. The molecular formula is C26H22N2O2. The Morgan fingerprint density at radius 1 is 1.03 bits per heavy atom. The van der Waals surface area contributed by atoms with Gasteiger partial charge in [-0.1, -0.05) is 42.5 Å². The molecule has 0 fully saturated rings. The minimum Gasteiger partial charge on any atom is -0.361 e. The van der Waals surface area contributed by atoms with Gasteiger partial charge in [-0.2, -0.15) is 0 Å². The van der Waals surface area contributed by atoms with Gasteiger partial charge < -0.3 is 14.6 Å². The second kappa shape index (κ2) is 5.73. The standard InChI is InChI=1S/C26H22N2O2/c1-30-21-11-10-18-15-6-2-3-8-17(15)23-22-14(13-27-26(22)29)12-19-16-7-4-5-9-20(16)28(21)25(19)24(18)23/h2-9,18,21H,10-13H2,1H3,(H,27,29). The van der Waals surface area contributed by atoms with Crippen molar-refractivity contribution in [1.29, 1.82) is 0 Å². The number of ether oxygens (including phenoxy) is 1. The van der Waals surface area contributed by atoms with E-state index in [4.69, 9.17) is 4.74 Å². The van der Waals surface area contributed by atoms with Gasteiger partial charge in [0, 0.05) is 36.1 Å². The highest BCUT2D eigenvalue weighted by molar-refractivity contribution is 6.21. The first-order valence-corrected chi connectivity index (χ1v) is 10.8. The van der Waals surface area contributed by atoms with Crippen molar-refractivity contribution < 1.29 is 9.53 Å². The van der Waals surface area contributed by atoms with Crippen LogP contribution in [0.1, 0.15) is 47.4 Å². The molecule has 2 unspecified atom stereocenters. The van der Waals surface area contributed by atoms with E-state index >= 15 is 0 Å². The molecule has 30 heavy (non-hydrogen) atoms. The van der Waals surface area contributed by atoms with E-state index in [1.807, 2.05) is 7.11 Å². The van der Waals surface area contributed by atoms with Crippen molar-refractivity contribution in [2.75, 3.05) is 13.7 Å². The number of methoxy groups -OCH3 is 1. The van der Waals surface area contributed by atoms with E-state index in [9.17, 15) is 4.79 Å². The summed E-state index contributed by atoms with van der Waals surface area (Å²) < 4.78 is 8.46. The van der Waals surface area contributed by atoms with Crippen molar-refractivity contribution in [3.8, 4) is 0 Å². The summed E-state index contributed by atoms with van der Waals surface area (Å²) >= 11 is 0. The molecule has 1 N–H and O–H groups in total. The number of benzene rings is 2. The van der Waals surface area contributed by atoms with Gasteiger partial charge in [0.25, 0.3) is 5.91 Å². The molecule has 7 rings (SSSR count). The zero-order valence-electron chi connectivity index (χ0n) is 16.9. The number of allylic oxidation sites excluding steroid dienone is 1. The Morgan fingerprint density at radius 2 is 1.87 bits per heavy atom. The van der Waals surface area contributed by atoms with Gasteiger partial charge in [0.05, 0.1) is 11.2 Å². The average Bonchev–Trinajstić information content (AvgIpc) is 3.31. The van der Waals surface area contributed by atoms with E-state index in [-0.39, 0.29) is 12.1 Å². The van der Waals surface area contributed by atoms with Crippen LogP contribution in [-0.4, -0.2) is 24.1 Å². The second-order valence-electron chi connectivity index (χ2n) is 8.75. The number of aromatic nitrogens is 1. The van der Waals surface area contributed by atoms with Crippen LogP contribution in [0, 0.1) is 0 Å². The van der Waals surface area contributed by atoms with E-state index in [0.717, 1.165) is 24.8 Å². The van der Waals surface area contributed by atoms with Crippen LogP contribution < -0.4 is 5.32 Å². The monoisotopic (exact) mass is 394 g/mol. The minimum atomic E-state index is 0.00642. The number of carbonyl (C=O) groups is 1. The van der Waals surface area contributed by atoms with Crippen LogP contribution in [0.25, 0.3) is 22.0 Å². The molecule has 4 aliphatic rings. The molecule has 0 bridgehead atoms. The molecule has 148 valence electrons. The van der Waals surface area contributed by atoms with Crippen LogP contribution in [0.2, 0.25) is 0 Å². The molecule has 1 aromatic heterocycles. The van der Waals surface area contributed by atoms with Crippen LogP contribution in [0.3, 0.4) is 0 Å². The maximum atomic E-state index is 13.0. The fourth-order valence-electron chi connectivity index (χ4n) is 6.30. The molecule has 2 atom stereocenters. The van der Waals surface area contributed by atoms with Gasteiger partial charge in [0.2, 0.25) is 0 Å². The highest BCUT2D eigenvalue weighted by Gasteiger charge is 2.44. The van der Waals surface area contributed by atoms with E-state index in [2.05, 4.69) is 58.4 Å². The maximum Gasteiger partial charge on any atom is 0.252 e. The molecule has 1 amide bonds. The Labute approximate surface area is 174 Å². The zero-order chi connectivity index (χ0) is 20.0. The highest BCUT2D eigenvalue weighted by atomic mass is 16.5. The lowest BCUT2D eigenvalue weighted by atomic mass is 9.88. The molecule has 3 heterocycles. The summed E-state index contributed by atoms with van der Waals surface area (Å²) in [7, 11) is 1.82. The average molecular weight is 394 g/mol. The largest absolute Gasteiger partial charge is 0.361 e. The summed E-state index contributed by atoms with van der Waals surface area (Å²) in [6.45, 7) is 0.643. The number of hydrogen-bond acceptors (Lipinski definition) is 2. The van der Waals surface area contributed by atoms with Crippen LogP contribution in [0.15, 0.2) is 59.7 Å².